The normalized spacial score (nSPS) is 27.2. The van der Waals surface area contributed by atoms with Crippen molar-refractivity contribution in [3.63, 3.8) is 0 Å². The van der Waals surface area contributed by atoms with Crippen molar-refractivity contribution in [3.05, 3.63) is 47.0 Å². The van der Waals surface area contributed by atoms with Crippen LogP contribution in [0.3, 0.4) is 0 Å². The van der Waals surface area contributed by atoms with Crippen molar-refractivity contribution in [2.75, 3.05) is 0 Å². The van der Waals surface area contributed by atoms with Crippen LogP contribution in [-0.2, 0) is 6.18 Å². The smallest absolute Gasteiger partial charge is 0.206 e. The van der Waals surface area contributed by atoms with Crippen LogP contribution >= 0.6 is 0 Å². The maximum atomic E-state index is 13.9. The van der Waals surface area contributed by atoms with Gasteiger partial charge in [-0.25, -0.2) is 8.78 Å². The molecule has 2 aliphatic rings. The molecule has 2 aliphatic carbocycles. The second-order valence-corrected chi connectivity index (χ2v) is 9.98. The maximum Gasteiger partial charge on any atom is 0.422 e. The molecule has 180 valence electrons. The lowest BCUT2D eigenvalue weighted by Crippen LogP contribution is -2.16. The molecule has 2 fully saturated rings. The van der Waals surface area contributed by atoms with E-state index in [1.54, 1.807) is 0 Å². The van der Waals surface area contributed by atoms with E-state index in [0.717, 1.165) is 43.7 Å². The maximum absolute atomic E-state index is 13.9. The molecule has 1 aromatic carbocycles. The molecule has 0 aromatic heterocycles. The Balaban J connectivity index is 1.43. The van der Waals surface area contributed by atoms with Gasteiger partial charge in [0.15, 0.2) is 0 Å². The Kier molecular flexibility index (Phi) is 9.19. The summed E-state index contributed by atoms with van der Waals surface area (Å²) in [5.74, 6) is -1.06. The first-order chi connectivity index (χ1) is 15.3. The third-order valence-corrected chi connectivity index (χ3v) is 7.60. The standard InChI is InChI=1S/C27H37F5/c1-2-3-4-5-6-19-7-9-20(10-8-19)11-12-21-13-15-22(16-14-21)23-17-24(28)26(25(29)18-23)27(30,31)32/h11-12,17-22H,2-10,13-16H2,1H3/b12-11+/t19-,20-,21-,22-. The van der Waals surface area contributed by atoms with E-state index in [1.807, 2.05) is 0 Å². The van der Waals surface area contributed by atoms with Crippen LogP contribution in [0.15, 0.2) is 24.3 Å². The van der Waals surface area contributed by atoms with Gasteiger partial charge in [-0.15, -0.1) is 0 Å². The zero-order valence-corrected chi connectivity index (χ0v) is 19.2. The molecule has 32 heavy (non-hydrogen) atoms. The molecule has 0 unspecified atom stereocenters. The molecule has 5 heteroatoms. The summed E-state index contributed by atoms with van der Waals surface area (Å²) in [4.78, 5) is 0. The van der Waals surface area contributed by atoms with Crippen molar-refractivity contribution in [2.24, 2.45) is 17.8 Å². The van der Waals surface area contributed by atoms with Crippen molar-refractivity contribution in [1.29, 1.82) is 0 Å². The van der Waals surface area contributed by atoms with Crippen LogP contribution in [-0.4, -0.2) is 0 Å². The minimum atomic E-state index is -5.01. The minimum Gasteiger partial charge on any atom is -0.206 e. The molecule has 0 aliphatic heterocycles. The lowest BCUT2D eigenvalue weighted by atomic mass is 9.76. The molecule has 0 amide bonds. The van der Waals surface area contributed by atoms with Gasteiger partial charge in [0.1, 0.15) is 17.2 Å². The molecule has 0 saturated heterocycles. The Morgan fingerprint density at radius 3 is 1.81 bits per heavy atom. The van der Waals surface area contributed by atoms with Crippen molar-refractivity contribution >= 4 is 0 Å². The largest absolute Gasteiger partial charge is 0.422 e. The van der Waals surface area contributed by atoms with Crippen molar-refractivity contribution < 1.29 is 22.0 Å². The van der Waals surface area contributed by atoms with Crippen LogP contribution in [0.4, 0.5) is 22.0 Å². The molecular formula is C27H37F5. The molecular weight excluding hydrogens is 419 g/mol. The number of rotatable bonds is 8. The molecule has 3 rings (SSSR count). The predicted molar refractivity (Wildman–Crippen MR) is 119 cm³/mol. The summed E-state index contributed by atoms with van der Waals surface area (Å²) in [5, 5.41) is 0. The Morgan fingerprint density at radius 2 is 1.31 bits per heavy atom. The lowest BCUT2D eigenvalue weighted by molar-refractivity contribution is -0.142. The average molecular weight is 457 g/mol. The zero-order chi connectivity index (χ0) is 23.1. The van der Waals surface area contributed by atoms with Crippen molar-refractivity contribution in [1.82, 2.24) is 0 Å². The summed E-state index contributed by atoms with van der Waals surface area (Å²) < 4.78 is 66.2. The van der Waals surface area contributed by atoms with Gasteiger partial charge in [0.2, 0.25) is 0 Å². The fourth-order valence-corrected chi connectivity index (χ4v) is 5.59. The minimum absolute atomic E-state index is 0.0749. The fourth-order valence-electron chi connectivity index (χ4n) is 5.59. The van der Waals surface area contributed by atoms with E-state index in [2.05, 4.69) is 19.1 Å². The SMILES string of the molecule is CCCCCC[C@H]1CC[C@H](/C=C/[C@H]2CC[C@H](c3cc(F)c(C(F)(F)F)c(F)c3)CC2)CC1. The Morgan fingerprint density at radius 1 is 0.781 bits per heavy atom. The number of hydrogen-bond acceptors (Lipinski definition) is 0. The Hall–Kier alpha value is -1.39. The molecule has 1 aromatic rings. The number of hydrogen-bond donors (Lipinski definition) is 0. The van der Waals surface area contributed by atoms with E-state index >= 15 is 0 Å². The highest BCUT2D eigenvalue weighted by atomic mass is 19.4. The van der Waals surface area contributed by atoms with Gasteiger partial charge in [-0.2, -0.15) is 13.2 Å². The first kappa shape index (κ1) is 25.2. The van der Waals surface area contributed by atoms with E-state index in [0.29, 0.717) is 17.4 Å². The van der Waals surface area contributed by atoms with Crippen molar-refractivity contribution in [3.8, 4) is 0 Å². The van der Waals surface area contributed by atoms with Gasteiger partial charge in [0, 0.05) is 0 Å². The highest BCUT2D eigenvalue weighted by Gasteiger charge is 2.38. The molecule has 0 bridgehead atoms. The fraction of sp³-hybridized carbons (Fsp3) is 0.704. The lowest BCUT2D eigenvalue weighted by Gasteiger charge is -2.29. The first-order valence-corrected chi connectivity index (χ1v) is 12.5. The molecule has 0 spiro atoms. The predicted octanol–water partition coefficient (Wildman–Crippen LogP) is 9.59. The zero-order valence-electron chi connectivity index (χ0n) is 19.2. The number of allylic oxidation sites excluding steroid dienone is 2. The highest BCUT2D eigenvalue weighted by molar-refractivity contribution is 5.31. The topological polar surface area (TPSA) is 0 Å². The van der Waals surface area contributed by atoms with E-state index < -0.39 is 23.4 Å². The third kappa shape index (κ3) is 7.05. The summed E-state index contributed by atoms with van der Waals surface area (Å²) in [6.45, 7) is 2.25. The first-order valence-electron chi connectivity index (χ1n) is 12.5. The van der Waals surface area contributed by atoms with Gasteiger partial charge >= 0.3 is 6.18 Å². The second-order valence-electron chi connectivity index (χ2n) is 9.98. The van der Waals surface area contributed by atoms with Gasteiger partial charge in [0.05, 0.1) is 0 Å². The van der Waals surface area contributed by atoms with E-state index in [1.165, 1.54) is 57.8 Å². The third-order valence-electron chi connectivity index (χ3n) is 7.60. The number of alkyl halides is 3. The van der Waals surface area contributed by atoms with Crippen molar-refractivity contribution in [2.45, 2.75) is 102 Å². The molecule has 2 saturated carbocycles. The van der Waals surface area contributed by atoms with E-state index in [-0.39, 0.29) is 5.92 Å². The second kappa shape index (κ2) is 11.7. The average Bonchev–Trinajstić information content (AvgIpc) is 2.75. The summed E-state index contributed by atoms with van der Waals surface area (Å²) >= 11 is 0. The van der Waals surface area contributed by atoms with E-state index in [9.17, 15) is 22.0 Å². The quantitative estimate of drug-likeness (QED) is 0.207. The molecule has 0 radical (unpaired) electrons. The van der Waals surface area contributed by atoms with Crippen LogP contribution in [0.2, 0.25) is 0 Å². The molecule has 0 heterocycles. The number of unbranched alkanes of at least 4 members (excludes halogenated alkanes) is 3. The molecule has 0 nitrogen and oxygen atoms in total. The van der Waals surface area contributed by atoms with Gasteiger partial charge in [-0.1, -0.05) is 51.2 Å². The number of halogens is 5. The highest BCUT2D eigenvalue weighted by Crippen LogP contribution is 2.40. The van der Waals surface area contributed by atoms with Crippen LogP contribution in [0.1, 0.15) is 107 Å². The van der Waals surface area contributed by atoms with Crippen LogP contribution in [0.25, 0.3) is 0 Å². The summed E-state index contributed by atoms with van der Waals surface area (Å²) in [5.41, 5.74) is -1.43. The number of benzene rings is 1. The molecule has 0 atom stereocenters. The van der Waals surface area contributed by atoms with Crippen LogP contribution in [0, 0.1) is 29.4 Å². The van der Waals surface area contributed by atoms with E-state index in [4.69, 9.17) is 0 Å². The van der Waals surface area contributed by atoms with Gasteiger partial charge in [-0.3, -0.25) is 0 Å². The Labute approximate surface area is 189 Å². The van der Waals surface area contributed by atoms with Crippen LogP contribution in [0.5, 0.6) is 0 Å². The Bertz CT molecular complexity index is 712. The van der Waals surface area contributed by atoms with Crippen LogP contribution < -0.4 is 0 Å². The van der Waals surface area contributed by atoms with Gasteiger partial charge < -0.3 is 0 Å². The monoisotopic (exact) mass is 456 g/mol. The summed E-state index contributed by atoms with van der Waals surface area (Å²) in [6.07, 6.45) is 15.0. The summed E-state index contributed by atoms with van der Waals surface area (Å²) in [7, 11) is 0. The summed E-state index contributed by atoms with van der Waals surface area (Å²) in [6, 6.07) is 1.76. The van der Waals surface area contributed by atoms with Gasteiger partial charge in [0.25, 0.3) is 0 Å². The molecule has 0 N–H and O–H groups in total. The van der Waals surface area contributed by atoms with Gasteiger partial charge in [-0.05, 0) is 92.7 Å².